The van der Waals surface area contributed by atoms with E-state index < -0.39 is 11.8 Å². The third-order valence-corrected chi connectivity index (χ3v) is 4.78. The molecule has 0 aliphatic rings. The van der Waals surface area contributed by atoms with Crippen molar-refractivity contribution in [3.05, 3.63) is 114 Å². The van der Waals surface area contributed by atoms with Gasteiger partial charge in [0, 0.05) is 16.7 Å². The average Bonchev–Trinajstić information content (AvgIpc) is 2.82. The Balaban J connectivity index is 1.99. The molecule has 0 radical (unpaired) electrons. The predicted octanol–water partition coefficient (Wildman–Crippen LogP) is 6.80. The van der Waals surface area contributed by atoms with Crippen molar-refractivity contribution in [2.75, 3.05) is 6.61 Å². The van der Waals surface area contributed by atoms with Gasteiger partial charge in [-0.15, -0.1) is 0 Å². The Bertz CT molecular complexity index is 1120. The first kappa shape index (κ1) is 26.3. The molecule has 5 heteroatoms. The van der Waals surface area contributed by atoms with E-state index in [0.29, 0.717) is 41.1 Å². The highest BCUT2D eigenvalue weighted by Gasteiger charge is 2.08. The van der Waals surface area contributed by atoms with Crippen LogP contribution >= 0.6 is 0 Å². The van der Waals surface area contributed by atoms with Crippen LogP contribution in [0.25, 0.3) is 11.6 Å². The van der Waals surface area contributed by atoms with E-state index >= 15 is 0 Å². The molecule has 0 saturated heterocycles. The fraction of sp³-hybridized carbons (Fsp3) is 0.172. The van der Waals surface area contributed by atoms with Crippen molar-refractivity contribution in [2.45, 2.75) is 26.7 Å². The van der Waals surface area contributed by atoms with Gasteiger partial charge in [-0.1, -0.05) is 68.3 Å². The Labute approximate surface area is 200 Å². The van der Waals surface area contributed by atoms with Gasteiger partial charge in [-0.2, -0.15) is 0 Å². The van der Waals surface area contributed by atoms with Crippen molar-refractivity contribution in [1.82, 2.24) is 0 Å². The summed E-state index contributed by atoms with van der Waals surface area (Å²) in [6.45, 7) is 14.3. The van der Waals surface area contributed by atoms with Gasteiger partial charge in [0.2, 0.25) is 0 Å². The highest BCUT2D eigenvalue weighted by Crippen LogP contribution is 2.25. The first-order valence-electron chi connectivity index (χ1n) is 10.8. The Hall–Kier alpha value is -3.99. The molecule has 0 N–H and O–H groups in total. The number of carbonyl (C=O) groups is 2. The molecule has 0 spiro atoms. The van der Waals surface area contributed by atoms with Gasteiger partial charge in [-0.05, 0) is 61.6 Å². The third-order valence-electron chi connectivity index (χ3n) is 4.78. The van der Waals surface area contributed by atoms with Gasteiger partial charge in [0.15, 0.2) is 0 Å². The molecule has 0 aromatic heterocycles. The monoisotopic (exact) mass is 460 g/mol. The molecule has 0 amide bonds. The van der Waals surface area contributed by atoms with Crippen LogP contribution in [-0.4, -0.2) is 18.5 Å². The summed E-state index contributed by atoms with van der Waals surface area (Å²) in [6, 6.07) is 14.2. The van der Waals surface area contributed by atoms with E-state index in [2.05, 4.69) is 19.7 Å². The van der Waals surface area contributed by atoms with E-state index in [4.69, 9.17) is 9.47 Å². The van der Waals surface area contributed by atoms with E-state index in [-0.39, 0.29) is 5.97 Å². The molecule has 0 aliphatic heterocycles. The van der Waals surface area contributed by atoms with Crippen LogP contribution in [-0.2, 0) is 20.7 Å². The van der Waals surface area contributed by atoms with Gasteiger partial charge in [-0.3, -0.25) is 0 Å². The maximum Gasteiger partial charge on any atom is 0.338 e. The lowest BCUT2D eigenvalue weighted by Gasteiger charge is -2.07. The molecule has 0 saturated carbocycles. The highest BCUT2D eigenvalue weighted by molar-refractivity contribution is 5.89. The molecular formula is C29H29FO4. The zero-order valence-corrected chi connectivity index (χ0v) is 19.6. The van der Waals surface area contributed by atoms with Crippen molar-refractivity contribution >= 4 is 23.6 Å². The minimum Gasteiger partial charge on any atom is -0.462 e. The van der Waals surface area contributed by atoms with Gasteiger partial charge in [0.1, 0.15) is 11.6 Å². The summed E-state index contributed by atoms with van der Waals surface area (Å²) in [5.74, 6) is -0.981. The molecule has 0 atom stereocenters. The number of allylic oxidation sites excluding steroid dienone is 4. The molecule has 0 bridgehead atoms. The van der Waals surface area contributed by atoms with E-state index in [1.807, 2.05) is 24.3 Å². The van der Waals surface area contributed by atoms with Crippen molar-refractivity contribution in [2.24, 2.45) is 0 Å². The minimum atomic E-state index is -0.515. The zero-order chi connectivity index (χ0) is 25.1. The number of benzene rings is 2. The van der Waals surface area contributed by atoms with Gasteiger partial charge in [0.25, 0.3) is 0 Å². The van der Waals surface area contributed by atoms with Crippen LogP contribution in [0.1, 0.15) is 37.0 Å². The van der Waals surface area contributed by atoms with Crippen LogP contribution in [0.5, 0.6) is 5.75 Å². The summed E-state index contributed by atoms with van der Waals surface area (Å²) in [4.78, 5) is 23.0. The number of ether oxygens (including phenoxy) is 2. The Kier molecular flexibility index (Phi) is 9.96. The molecule has 4 nitrogen and oxygen atoms in total. The normalized spacial score (nSPS) is 11.5. The molecule has 0 heterocycles. The smallest absolute Gasteiger partial charge is 0.338 e. The second-order valence-corrected chi connectivity index (χ2v) is 7.75. The van der Waals surface area contributed by atoms with Crippen LogP contribution in [0, 0.1) is 0 Å². The van der Waals surface area contributed by atoms with Crippen LogP contribution < -0.4 is 4.74 Å². The van der Waals surface area contributed by atoms with Crippen molar-refractivity contribution < 1.29 is 23.5 Å². The summed E-state index contributed by atoms with van der Waals surface area (Å²) in [5.41, 5.74) is 3.56. The number of hydrogen-bond donors (Lipinski definition) is 0. The quantitative estimate of drug-likeness (QED) is 0.122. The predicted molar refractivity (Wildman–Crippen MR) is 135 cm³/mol. The maximum absolute atomic E-state index is 14.8. The number of carbonyl (C=O) groups excluding carboxylic acids is 2. The Morgan fingerprint density at radius 3 is 2.12 bits per heavy atom. The molecule has 0 unspecified atom stereocenters. The number of esters is 2. The number of aryl methyl sites for hydroxylation is 1. The van der Waals surface area contributed by atoms with Crippen LogP contribution in [0.15, 0.2) is 97.4 Å². The fourth-order valence-electron chi connectivity index (χ4n) is 2.87. The first-order chi connectivity index (χ1) is 16.2. The van der Waals surface area contributed by atoms with E-state index in [1.165, 1.54) is 12.2 Å². The Morgan fingerprint density at radius 1 is 0.941 bits per heavy atom. The van der Waals surface area contributed by atoms with Gasteiger partial charge < -0.3 is 9.47 Å². The summed E-state index contributed by atoms with van der Waals surface area (Å²) >= 11 is 0. The average molecular weight is 461 g/mol. The standard InChI is InChI=1S/C29H29FO4/c1-6-26(24-14-16-25(17-15-24)34-29(32)21(4)5)27(30)18-13-23-11-9-22(10-12-23)8-7-19-33-28(31)20(2)3/h6,9-18H,1-2,4,7-8,19H2,3,5H3/b18-13+,27-26-. The number of halogens is 1. The summed E-state index contributed by atoms with van der Waals surface area (Å²) in [7, 11) is 0. The van der Waals surface area contributed by atoms with Gasteiger partial charge in [-0.25, -0.2) is 14.0 Å². The van der Waals surface area contributed by atoms with E-state index in [0.717, 1.165) is 17.5 Å². The summed E-state index contributed by atoms with van der Waals surface area (Å²) in [5, 5.41) is 0. The highest BCUT2D eigenvalue weighted by atomic mass is 19.1. The van der Waals surface area contributed by atoms with Crippen LogP contribution in [0.3, 0.4) is 0 Å². The van der Waals surface area contributed by atoms with Crippen LogP contribution in [0.4, 0.5) is 4.39 Å². The topological polar surface area (TPSA) is 52.6 Å². The molecule has 0 aliphatic carbocycles. The number of hydrogen-bond acceptors (Lipinski definition) is 4. The van der Waals surface area contributed by atoms with Crippen LogP contribution in [0.2, 0.25) is 0 Å². The lowest BCUT2D eigenvalue weighted by atomic mass is 10.0. The lowest BCUT2D eigenvalue weighted by molar-refractivity contribution is -0.139. The van der Waals surface area contributed by atoms with Gasteiger partial charge >= 0.3 is 11.9 Å². The third kappa shape index (κ3) is 8.17. The molecule has 2 aromatic carbocycles. The zero-order valence-electron chi connectivity index (χ0n) is 19.6. The van der Waals surface area contributed by atoms with Crippen molar-refractivity contribution in [3.63, 3.8) is 0 Å². The first-order valence-corrected chi connectivity index (χ1v) is 10.8. The number of rotatable bonds is 11. The summed E-state index contributed by atoms with van der Waals surface area (Å²) in [6.07, 6.45) is 5.98. The fourth-order valence-corrected chi connectivity index (χ4v) is 2.87. The molecule has 2 rings (SSSR count). The molecular weight excluding hydrogens is 431 g/mol. The second-order valence-electron chi connectivity index (χ2n) is 7.75. The minimum absolute atomic E-state index is 0.295. The SMILES string of the molecule is C=C/C(=C(F)\C=C\c1ccc(CCCOC(=O)C(=C)C)cc1)c1ccc(OC(=O)C(=C)C)cc1. The lowest BCUT2D eigenvalue weighted by Crippen LogP contribution is -2.07. The van der Waals surface area contributed by atoms with Crippen molar-refractivity contribution in [1.29, 1.82) is 0 Å². The summed E-state index contributed by atoms with van der Waals surface area (Å²) < 4.78 is 25.1. The maximum atomic E-state index is 14.8. The molecule has 2 aromatic rings. The molecule has 34 heavy (non-hydrogen) atoms. The Morgan fingerprint density at radius 2 is 1.56 bits per heavy atom. The van der Waals surface area contributed by atoms with E-state index in [9.17, 15) is 14.0 Å². The van der Waals surface area contributed by atoms with Gasteiger partial charge in [0.05, 0.1) is 6.61 Å². The largest absolute Gasteiger partial charge is 0.462 e. The molecule has 0 fully saturated rings. The van der Waals surface area contributed by atoms with E-state index in [1.54, 1.807) is 44.2 Å². The van der Waals surface area contributed by atoms with Crippen molar-refractivity contribution in [3.8, 4) is 5.75 Å². The second kappa shape index (κ2) is 12.9. The molecule has 176 valence electrons.